The van der Waals surface area contributed by atoms with Crippen molar-refractivity contribution in [1.82, 2.24) is 15.5 Å². The number of nitrogens with one attached hydrogen (secondary N) is 2. The van der Waals surface area contributed by atoms with E-state index >= 15 is 0 Å². The molecule has 2 aromatic rings. The molecule has 148 valence electrons. The topological polar surface area (TPSA) is 48.9 Å². The summed E-state index contributed by atoms with van der Waals surface area (Å²) in [5.41, 5.74) is 0.966. The van der Waals surface area contributed by atoms with Gasteiger partial charge >= 0.3 is 0 Å². The van der Waals surface area contributed by atoms with Gasteiger partial charge in [-0.05, 0) is 29.1 Å². The van der Waals surface area contributed by atoms with Crippen LogP contribution in [0.15, 0.2) is 46.8 Å². The smallest absolute Gasteiger partial charge is 0.191 e. The molecule has 0 bridgehead atoms. The Morgan fingerprint density at radius 2 is 2.07 bits per heavy atom. The van der Waals surface area contributed by atoms with Crippen molar-refractivity contribution in [1.29, 1.82) is 0 Å². The molecule has 2 heterocycles. The lowest BCUT2D eigenvalue weighted by molar-refractivity contribution is 0.0169. The number of nitrogens with zero attached hydrogens (tertiary/aromatic N) is 2. The van der Waals surface area contributed by atoms with Crippen LogP contribution in [0.25, 0.3) is 0 Å². The standard InChI is InChI=1S/C19H25FN4OS.HI/c1-21-19(22-13-17-6-3-11-26-17)23-14-18(24-7-9-25-10-8-24)15-4-2-5-16(20)12-15;/h2-6,11-12,18H,7-10,13-14H2,1H3,(H2,21,22,23);1H. The Bertz CT molecular complexity index is 707. The lowest BCUT2D eigenvalue weighted by atomic mass is 10.0. The highest BCUT2D eigenvalue weighted by Gasteiger charge is 2.23. The number of halogens is 2. The average Bonchev–Trinajstić information content (AvgIpc) is 3.19. The van der Waals surface area contributed by atoms with E-state index in [4.69, 9.17) is 4.74 Å². The van der Waals surface area contributed by atoms with Crippen LogP contribution in [0.5, 0.6) is 0 Å². The maximum Gasteiger partial charge on any atom is 0.191 e. The molecule has 1 unspecified atom stereocenters. The highest BCUT2D eigenvalue weighted by molar-refractivity contribution is 14.0. The van der Waals surface area contributed by atoms with Crippen molar-refractivity contribution < 1.29 is 9.13 Å². The minimum atomic E-state index is -0.207. The summed E-state index contributed by atoms with van der Waals surface area (Å²) in [5.74, 6) is 0.536. The first-order valence-corrected chi connectivity index (χ1v) is 9.68. The van der Waals surface area contributed by atoms with E-state index in [9.17, 15) is 4.39 Å². The van der Waals surface area contributed by atoms with E-state index in [-0.39, 0.29) is 35.8 Å². The first kappa shape index (κ1) is 22.1. The van der Waals surface area contributed by atoms with Gasteiger partial charge in [0.25, 0.3) is 0 Å². The second kappa shape index (κ2) is 11.6. The van der Waals surface area contributed by atoms with Gasteiger partial charge in [0.05, 0.1) is 25.8 Å². The maximum atomic E-state index is 13.7. The number of hydrogen-bond donors (Lipinski definition) is 2. The van der Waals surface area contributed by atoms with Crippen molar-refractivity contribution >= 4 is 41.3 Å². The lowest BCUT2D eigenvalue weighted by Crippen LogP contribution is -2.46. The van der Waals surface area contributed by atoms with Gasteiger partial charge in [-0.1, -0.05) is 18.2 Å². The van der Waals surface area contributed by atoms with Gasteiger partial charge in [0.1, 0.15) is 5.82 Å². The van der Waals surface area contributed by atoms with Gasteiger partial charge in [0, 0.05) is 31.6 Å². The third kappa shape index (κ3) is 6.70. The van der Waals surface area contributed by atoms with Crippen LogP contribution < -0.4 is 10.6 Å². The van der Waals surface area contributed by atoms with Gasteiger partial charge in [-0.2, -0.15) is 0 Å². The highest BCUT2D eigenvalue weighted by atomic mass is 127. The van der Waals surface area contributed by atoms with Crippen molar-refractivity contribution in [2.75, 3.05) is 39.9 Å². The average molecular weight is 504 g/mol. The Hall–Kier alpha value is -1.23. The minimum absolute atomic E-state index is 0. The third-order valence-electron chi connectivity index (χ3n) is 4.42. The summed E-state index contributed by atoms with van der Waals surface area (Å²) >= 11 is 1.71. The zero-order chi connectivity index (χ0) is 18.2. The quantitative estimate of drug-likeness (QED) is 0.361. The van der Waals surface area contributed by atoms with Crippen LogP contribution in [0.4, 0.5) is 4.39 Å². The zero-order valence-corrected chi connectivity index (χ0v) is 18.5. The molecular formula is C19H26FIN4OS. The molecule has 0 radical (unpaired) electrons. The Balaban J connectivity index is 0.00000261. The Labute approximate surface area is 181 Å². The van der Waals surface area contributed by atoms with E-state index < -0.39 is 0 Å². The molecule has 1 aromatic heterocycles. The van der Waals surface area contributed by atoms with Crippen LogP contribution in [-0.2, 0) is 11.3 Å². The molecule has 1 saturated heterocycles. The molecule has 0 aliphatic carbocycles. The van der Waals surface area contributed by atoms with Crippen molar-refractivity contribution in [3.63, 3.8) is 0 Å². The largest absolute Gasteiger partial charge is 0.379 e. The summed E-state index contributed by atoms with van der Waals surface area (Å²) < 4.78 is 19.2. The van der Waals surface area contributed by atoms with Crippen molar-refractivity contribution in [3.05, 3.63) is 58.0 Å². The summed E-state index contributed by atoms with van der Waals surface area (Å²) in [6.45, 7) is 4.47. The molecule has 8 heteroatoms. The molecule has 1 aromatic carbocycles. The molecule has 1 fully saturated rings. The number of hydrogen-bond acceptors (Lipinski definition) is 4. The SMILES string of the molecule is CN=C(NCc1cccs1)NCC(c1cccc(F)c1)N1CCOCC1.I. The minimum Gasteiger partial charge on any atom is -0.379 e. The number of aliphatic imine (C=N–C) groups is 1. The predicted octanol–water partition coefficient (Wildman–Crippen LogP) is 3.24. The van der Waals surface area contributed by atoms with Gasteiger partial charge in [0.15, 0.2) is 5.96 Å². The molecule has 5 nitrogen and oxygen atoms in total. The van der Waals surface area contributed by atoms with Crippen LogP contribution >= 0.6 is 35.3 Å². The third-order valence-corrected chi connectivity index (χ3v) is 5.29. The molecule has 27 heavy (non-hydrogen) atoms. The number of ether oxygens (including phenoxy) is 1. The maximum absolute atomic E-state index is 13.7. The van der Waals surface area contributed by atoms with E-state index in [1.807, 2.05) is 12.1 Å². The molecule has 0 spiro atoms. The van der Waals surface area contributed by atoms with Crippen LogP contribution in [0, 0.1) is 5.82 Å². The van der Waals surface area contributed by atoms with Crippen LogP contribution in [-0.4, -0.2) is 50.8 Å². The second-order valence-corrected chi connectivity index (χ2v) is 7.14. The highest BCUT2D eigenvalue weighted by Crippen LogP contribution is 2.22. The summed E-state index contributed by atoms with van der Waals surface area (Å²) in [6, 6.07) is 11.0. The van der Waals surface area contributed by atoms with E-state index in [0.717, 1.165) is 31.2 Å². The molecular weight excluding hydrogens is 478 g/mol. The second-order valence-electron chi connectivity index (χ2n) is 6.11. The first-order chi connectivity index (χ1) is 12.8. The normalized spacial score (nSPS) is 16.4. The monoisotopic (exact) mass is 504 g/mol. The molecule has 3 rings (SSSR count). The van der Waals surface area contributed by atoms with Gasteiger partial charge in [-0.25, -0.2) is 4.39 Å². The zero-order valence-electron chi connectivity index (χ0n) is 15.4. The first-order valence-electron chi connectivity index (χ1n) is 8.80. The van der Waals surface area contributed by atoms with Crippen molar-refractivity contribution in [2.24, 2.45) is 4.99 Å². The molecule has 1 atom stereocenters. The fourth-order valence-electron chi connectivity index (χ4n) is 3.06. The van der Waals surface area contributed by atoms with E-state index in [1.165, 1.54) is 10.9 Å². The van der Waals surface area contributed by atoms with Gasteiger partial charge in [-0.15, -0.1) is 35.3 Å². The lowest BCUT2D eigenvalue weighted by Gasteiger charge is -2.35. The summed E-state index contributed by atoms with van der Waals surface area (Å²) in [7, 11) is 1.76. The van der Waals surface area contributed by atoms with Crippen molar-refractivity contribution in [2.45, 2.75) is 12.6 Å². The number of rotatable bonds is 6. The Morgan fingerprint density at radius 1 is 1.26 bits per heavy atom. The molecule has 0 amide bonds. The van der Waals surface area contributed by atoms with E-state index in [2.05, 4.69) is 32.0 Å². The number of benzene rings is 1. The number of thiophene rings is 1. The van der Waals surface area contributed by atoms with Crippen LogP contribution in [0.2, 0.25) is 0 Å². The Morgan fingerprint density at radius 3 is 2.74 bits per heavy atom. The van der Waals surface area contributed by atoms with E-state index in [1.54, 1.807) is 30.5 Å². The molecule has 1 aliphatic rings. The van der Waals surface area contributed by atoms with Gasteiger partial charge < -0.3 is 15.4 Å². The number of morpholine rings is 1. The van der Waals surface area contributed by atoms with Crippen LogP contribution in [0.3, 0.4) is 0 Å². The predicted molar refractivity (Wildman–Crippen MR) is 119 cm³/mol. The fraction of sp³-hybridized carbons (Fsp3) is 0.421. The van der Waals surface area contributed by atoms with Gasteiger partial charge in [-0.3, -0.25) is 9.89 Å². The summed E-state index contributed by atoms with van der Waals surface area (Å²) in [5, 5.41) is 8.77. The molecule has 0 saturated carbocycles. The fourth-order valence-corrected chi connectivity index (χ4v) is 3.70. The molecule has 2 N–H and O–H groups in total. The summed E-state index contributed by atoms with van der Waals surface area (Å²) in [4.78, 5) is 7.88. The number of guanidine groups is 1. The van der Waals surface area contributed by atoms with Crippen LogP contribution in [0.1, 0.15) is 16.5 Å². The van der Waals surface area contributed by atoms with E-state index in [0.29, 0.717) is 19.8 Å². The summed E-state index contributed by atoms with van der Waals surface area (Å²) in [6.07, 6.45) is 0. The van der Waals surface area contributed by atoms with Gasteiger partial charge in [0.2, 0.25) is 0 Å². The Kier molecular flexibility index (Phi) is 9.46. The van der Waals surface area contributed by atoms with Crippen molar-refractivity contribution in [3.8, 4) is 0 Å². The molecule has 1 aliphatic heterocycles.